The SMILES string of the molecule is CSCCNC(=O)C1(N)CCCC1. The molecule has 0 aromatic rings. The zero-order valence-electron chi connectivity index (χ0n) is 8.14. The summed E-state index contributed by atoms with van der Waals surface area (Å²) in [7, 11) is 0. The topological polar surface area (TPSA) is 55.1 Å². The molecule has 0 bridgehead atoms. The van der Waals surface area contributed by atoms with Crippen molar-refractivity contribution in [3.8, 4) is 0 Å². The quantitative estimate of drug-likeness (QED) is 0.661. The Balaban J connectivity index is 2.29. The Labute approximate surface area is 83.8 Å². The molecule has 0 aromatic carbocycles. The van der Waals surface area contributed by atoms with E-state index in [2.05, 4.69) is 5.32 Å². The van der Waals surface area contributed by atoms with Crippen LogP contribution in [-0.4, -0.2) is 30.0 Å². The van der Waals surface area contributed by atoms with E-state index in [4.69, 9.17) is 5.73 Å². The highest BCUT2D eigenvalue weighted by molar-refractivity contribution is 7.98. The van der Waals surface area contributed by atoms with Crippen LogP contribution in [0, 0.1) is 0 Å². The first kappa shape index (κ1) is 10.9. The van der Waals surface area contributed by atoms with Crippen molar-refractivity contribution in [3.05, 3.63) is 0 Å². The first-order valence-electron chi connectivity index (χ1n) is 4.75. The number of thioether (sulfide) groups is 1. The molecular weight excluding hydrogens is 184 g/mol. The summed E-state index contributed by atoms with van der Waals surface area (Å²) in [4.78, 5) is 11.6. The van der Waals surface area contributed by atoms with E-state index in [1.54, 1.807) is 11.8 Å². The van der Waals surface area contributed by atoms with E-state index in [1.807, 2.05) is 6.26 Å². The van der Waals surface area contributed by atoms with Crippen molar-refractivity contribution in [3.63, 3.8) is 0 Å². The van der Waals surface area contributed by atoms with Crippen LogP contribution >= 0.6 is 11.8 Å². The molecule has 76 valence electrons. The van der Waals surface area contributed by atoms with Gasteiger partial charge in [0.05, 0.1) is 5.54 Å². The van der Waals surface area contributed by atoms with Crippen molar-refractivity contribution in [2.45, 2.75) is 31.2 Å². The molecule has 1 aliphatic carbocycles. The second kappa shape index (κ2) is 4.86. The van der Waals surface area contributed by atoms with Crippen LogP contribution in [0.25, 0.3) is 0 Å². The molecule has 0 saturated heterocycles. The Morgan fingerprint density at radius 2 is 2.15 bits per heavy atom. The maximum atomic E-state index is 11.6. The molecule has 0 heterocycles. The Bertz CT molecular complexity index is 178. The fraction of sp³-hybridized carbons (Fsp3) is 0.889. The van der Waals surface area contributed by atoms with E-state index in [0.29, 0.717) is 0 Å². The van der Waals surface area contributed by atoms with E-state index in [9.17, 15) is 4.79 Å². The van der Waals surface area contributed by atoms with Crippen molar-refractivity contribution in [1.29, 1.82) is 0 Å². The molecule has 3 N–H and O–H groups in total. The molecule has 1 saturated carbocycles. The van der Waals surface area contributed by atoms with E-state index < -0.39 is 5.54 Å². The molecular formula is C9H18N2OS. The fourth-order valence-corrected chi connectivity index (χ4v) is 1.98. The molecule has 13 heavy (non-hydrogen) atoms. The smallest absolute Gasteiger partial charge is 0.240 e. The second-order valence-electron chi connectivity index (χ2n) is 3.61. The predicted octanol–water partition coefficient (Wildman–Crippen LogP) is 0.737. The molecule has 0 aliphatic heterocycles. The molecule has 0 radical (unpaired) electrons. The van der Waals surface area contributed by atoms with Crippen molar-refractivity contribution >= 4 is 17.7 Å². The Morgan fingerprint density at radius 3 is 2.69 bits per heavy atom. The lowest BCUT2D eigenvalue weighted by atomic mass is 9.98. The number of hydrogen-bond donors (Lipinski definition) is 2. The highest BCUT2D eigenvalue weighted by Crippen LogP contribution is 2.26. The second-order valence-corrected chi connectivity index (χ2v) is 4.60. The maximum Gasteiger partial charge on any atom is 0.240 e. The number of carbonyl (C=O) groups excluding carboxylic acids is 1. The highest BCUT2D eigenvalue weighted by atomic mass is 32.2. The first-order chi connectivity index (χ1) is 6.19. The zero-order chi connectivity index (χ0) is 9.73. The summed E-state index contributed by atoms with van der Waals surface area (Å²) in [5.74, 6) is 1.00. The van der Waals surface area contributed by atoms with Crippen LogP contribution in [0.4, 0.5) is 0 Å². The monoisotopic (exact) mass is 202 g/mol. The van der Waals surface area contributed by atoms with Gasteiger partial charge in [0.1, 0.15) is 0 Å². The highest BCUT2D eigenvalue weighted by Gasteiger charge is 2.36. The Morgan fingerprint density at radius 1 is 1.54 bits per heavy atom. The van der Waals surface area contributed by atoms with Gasteiger partial charge in [-0.15, -0.1) is 0 Å². The summed E-state index contributed by atoms with van der Waals surface area (Å²) in [6.45, 7) is 0.735. The van der Waals surface area contributed by atoms with Gasteiger partial charge in [0.25, 0.3) is 0 Å². The number of rotatable bonds is 4. The van der Waals surface area contributed by atoms with E-state index >= 15 is 0 Å². The van der Waals surface area contributed by atoms with Gasteiger partial charge in [0.2, 0.25) is 5.91 Å². The van der Waals surface area contributed by atoms with Gasteiger partial charge >= 0.3 is 0 Å². The summed E-state index contributed by atoms with van der Waals surface area (Å²) in [6, 6.07) is 0. The number of amides is 1. The molecule has 0 atom stereocenters. The first-order valence-corrected chi connectivity index (χ1v) is 6.14. The molecule has 1 aliphatic rings. The van der Waals surface area contributed by atoms with Crippen LogP contribution in [0.3, 0.4) is 0 Å². The molecule has 0 spiro atoms. The van der Waals surface area contributed by atoms with Gasteiger partial charge in [-0.3, -0.25) is 4.79 Å². The molecule has 0 aromatic heterocycles. The Kier molecular flexibility index (Phi) is 4.06. The minimum atomic E-state index is -0.557. The fourth-order valence-electron chi connectivity index (χ4n) is 1.68. The van der Waals surface area contributed by atoms with Crippen LogP contribution in [0.5, 0.6) is 0 Å². The summed E-state index contributed by atoms with van der Waals surface area (Å²) < 4.78 is 0. The average Bonchev–Trinajstić information content (AvgIpc) is 2.54. The lowest BCUT2D eigenvalue weighted by molar-refractivity contribution is -0.126. The predicted molar refractivity (Wildman–Crippen MR) is 56.8 cm³/mol. The lowest BCUT2D eigenvalue weighted by Gasteiger charge is -2.21. The van der Waals surface area contributed by atoms with Crippen LogP contribution in [0.1, 0.15) is 25.7 Å². The largest absolute Gasteiger partial charge is 0.354 e. The van der Waals surface area contributed by atoms with Gasteiger partial charge < -0.3 is 11.1 Å². The molecule has 1 rings (SSSR count). The van der Waals surface area contributed by atoms with Crippen LogP contribution in [0.2, 0.25) is 0 Å². The number of nitrogens with two attached hydrogens (primary N) is 1. The summed E-state index contributed by atoms with van der Waals surface area (Å²) in [5.41, 5.74) is 5.41. The summed E-state index contributed by atoms with van der Waals surface area (Å²) in [5, 5.41) is 2.88. The number of nitrogens with one attached hydrogen (secondary N) is 1. The van der Waals surface area contributed by atoms with Crippen molar-refractivity contribution in [1.82, 2.24) is 5.32 Å². The van der Waals surface area contributed by atoms with Crippen LogP contribution in [-0.2, 0) is 4.79 Å². The van der Waals surface area contributed by atoms with Gasteiger partial charge in [-0.25, -0.2) is 0 Å². The lowest BCUT2D eigenvalue weighted by Crippen LogP contribution is -2.52. The van der Waals surface area contributed by atoms with Gasteiger partial charge in [-0.05, 0) is 19.1 Å². The molecule has 1 fully saturated rings. The molecule has 0 unspecified atom stereocenters. The molecule has 1 amide bonds. The minimum Gasteiger partial charge on any atom is -0.354 e. The van der Waals surface area contributed by atoms with Crippen molar-refractivity contribution < 1.29 is 4.79 Å². The minimum absolute atomic E-state index is 0.0408. The van der Waals surface area contributed by atoms with Crippen molar-refractivity contribution in [2.75, 3.05) is 18.6 Å². The number of hydrogen-bond acceptors (Lipinski definition) is 3. The molecule has 4 heteroatoms. The summed E-state index contributed by atoms with van der Waals surface area (Å²) in [6.07, 6.45) is 5.90. The van der Waals surface area contributed by atoms with E-state index in [1.165, 1.54) is 0 Å². The van der Waals surface area contributed by atoms with Crippen LogP contribution < -0.4 is 11.1 Å². The number of carbonyl (C=O) groups is 1. The van der Waals surface area contributed by atoms with Gasteiger partial charge in [0.15, 0.2) is 0 Å². The third-order valence-electron chi connectivity index (χ3n) is 2.54. The van der Waals surface area contributed by atoms with Gasteiger partial charge in [-0.1, -0.05) is 12.8 Å². The van der Waals surface area contributed by atoms with Gasteiger partial charge in [-0.2, -0.15) is 11.8 Å². The summed E-state index contributed by atoms with van der Waals surface area (Å²) >= 11 is 1.73. The standard InChI is InChI=1S/C9H18N2OS/c1-13-7-6-11-8(12)9(10)4-2-3-5-9/h2-7,10H2,1H3,(H,11,12). The van der Waals surface area contributed by atoms with E-state index in [-0.39, 0.29) is 5.91 Å². The normalized spacial score (nSPS) is 20.2. The van der Waals surface area contributed by atoms with Crippen LogP contribution in [0.15, 0.2) is 0 Å². The maximum absolute atomic E-state index is 11.6. The zero-order valence-corrected chi connectivity index (χ0v) is 8.95. The van der Waals surface area contributed by atoms with Gasteiger partial charge in [0, 0.05) is 12.3 Å². The van der Waals surface area contributed by atoms with E-state index in [0.717, 1.165) is 38.0 Å². The van der Waals surface area contributed by atoms with Crippen molar-refractivity contribution in [2.24, 2.45) is 5.73 Å². The third kappa shape index (κ3) is 2.88. The third-order valence-corrected chi connectivity index (χ3v) is 3.15. The Hall–Kier alpha value is -0.220. The molecule has 3 nitrogen and oxygen atoms in total. The average molecular weight is 202 g/mol.